The molecule has 0 aromatic heterocycles. The van der Waals surface area contributed by atoms with Crippen LogP contribution in [0.25, 0.3) is 0 Å². The molecule has 0 aliphatic carbocycles. The van der Waals surface area contributed by atoms with Crippen molar-refractivity contribution in [1.82, 2.24) is 0 Å². The molecule has 0 aromatic rings. The first-order valence-electron chi connectivity index (χ1n) is 19.6. The first-order chi connectivity index (χ1) is 20.8. The van der Waals surface area contributed by atoms with Gasteiger partial charge >= 0.3 is 5.97 Å². The highest BCUT2D eigenvalue weighted by atomic mass is 16.5. The number of carbonyl (C=O) groups excluding carboxylic acids is 1. The lowest BCUT2D eigenvalue weighted by atomic mass is 10.0. The molecule has 0 saturated heterocycles. The molecular formula is C40H78O2. The Balaban J connectivity index is 3.18. The van der Waals surface area contributed by atoms with E-state index in [0.29, 0.717) is 13.0 Å². The number of rotatable bonds is 36. The summed E-state index contributed by atoms with van der Waals surface area (Å²) in [6.07, 6.45) is 50.0. The Bertz CT molecular complexity index is 526. The number of allylic oxidation sites excluding steroid dienone is 2. The van der Waals surface area contributed by atoms with Crippen LogP contribution in [0.5, 0.6) is 0 Å². The largest absolute Gasteiger partial charge is 0.466 e. The smallest absolute Gasteiger partial charge is 0.305 e. The van der Waals surface area contributed by atoms with Gasteiger partial charge in [0, 0.05) is 6.42 Å². The first kappa shape index (κ1) is 41.2. The van der Waals surface area contributed by atoms with Crippen LogP contribution in [-0.2, 0) is 9.53 Å². The summed E-state index contributed by atoms with van der Waals surface area (Å²) in [5.74, 6) is 0.0229. The Morgan fingerprint density at radius 3 is 1.02 bits per heavy atom. The molecule has 0 saturated carbocycles. The van der Waals surface area contributed by atoms with E-state index in [9.17, 15) is 4.79 Å². The number of ether oxygens (including phenoxy) is 1. The fourth-order valence-electron chi connectivity index (χ4n) is 5.96. The van der Waals surface area contributed by atoms with Crippen LogP contribution >= 0.6 is 0 Å². The van der Waals surface area contributed by atoms with Crippen LogP contribution in [0.3, 0.4) is 0 Å². The van der Waals surface area contributed by atoms with E-state index >= 15 is 0 Å². The van der Waals surface area contributed by atoms with Gasteiger partial charge in [0.2, 0.25) is 0 Å². The predicted octanol–water partition coefficient (Wildman–Crippen LogP) is 14.4. The Morgan fingerprint density at radius 2 is 0.667 bits per heavy atom. The maximum absolute atomic E-state index is 12.0. The van der Waals surface area contributed by atoms with Crippen molar-refractivity contribution >= 4 is 5.97 Å². The van der Waals surface area contributed by atoms with Crippen molar-refractivity contribution < 1.29 is 9.53 Å². The summed E-state index contributed by atoms with van der Waals surface area (Å²) < 4.78 is 5.45. The van der Waals surface area contributed by atoms with E-state index in [4.69, 9.17) is 4.74 Å². The van der Waals surface area contributed by atoms with E-state index in [1.165, 1.54) is 199 Å². The van der Waals surface area contributed by atoms with Gasteiger partial charge in [-0.1, -0.05) is 199 Å². The maximum Gasteiger partial charge on any atom is 0.305 e. The quantitative estimate of drug-likeness (QED) is 0.0412. The van der Waals surface area contributed by atoms with Crippen LogP contribution in [0.1, 0.15) is 232 Å². The van der Waals surface area contributed by atoms with Crippen LogP contribution in [0.2, 0.25) is 0 Å². The predicted molar refractivity (Wildman–Crippen MR) is 188 cm³/mol. The molecule has 0 spiro atoms. The van der Waals surface area contributed by atoms with Gasteiger partial charge in [-0.15, -0.1) is 0 Å². The van der Waals surface area contributed by atoms with Crippen LogP contribution in [0, 0.1) is 0 Å². The molecule has 0 aliphatic rings. The van der Waals surface area contributed by atoms with Gasteiger partial charge in [0.25, 0.3) is 0 Å². The van der Waals surface area contributed by atoms with Crippen LogP contribution in [-0.4, -0.2) is 12.6 Å². The van der Waals surface area contributed by atoms with Crippen molar-refractivity contribution in [2.45, 2.75) is 232 Å². The number of esters is 1. The van der Waals surface area contributed by atoms with Gasteiger partial charge in [-0.2, -0.15) is 0 Å². The fraction of sp³-hybridized carbons (Fsp3) is 0.925. The Labute approximate surface area is 266 Å². The number of unbranched alkanes of at least 4 members (excludes halogenated alkanes) is 30. The highest BCUT2D eigenvalue weighted by Gasteiger charge is 2.03. The first-order valence-corrected chi connectivity index (χ1v) is 19.6. The molecule has 0 unspecified atom stereocenters. The van der Waals surface area contributed by atoms with E-state index in [-0.39, 0.29) is 5.97 Å². The minimum absolute atomic E-state index is 0.0229. The second-order valence-electron chi connectivity index (χ2n) is 13.3. The summed E-state index contributed by atoms with van der Waals surface area (Å²) in [6.45, 7) is 5.20. The number of hydrogen-bond acceptors (Lipinski definition) is 2. The second kappa shape index (κ2) is 38.2. The van der Waals surface area contributed by atoms with Crippen molar-refractivity contribution in [1.29, 1.82) is 0 Å². The fourth-order valence-corrected chi connectivity index (χ4v) is 5.96. The van der Waals surface area contributed by atoms with Crippen molar-refractivity contribution in [2.75, 3.05) is 6.61 Å². The topological polar surface area (TPSA) is 26.3 Å². The highest BCUT2D eigenvalue weighted by Crippen LogP contribution is 2.15. The van der Waals surface area contributed by atoms with E-state index in [2.05, 4.69) is 26.0 Å². The monoisotopic (exact) mass is 591 g/mol. The molecule has 0 bridgehead atoms. The van der Waals surface area contributed by atoms with Gasteiger partial charge < -0.3 is 4.74 Å². The average molecular weight is 591 g/mol. The van der Waals surface area contributed by atoms with Gasteiger partial charge in [-0.3, -0.25) is 4.79 Å². The molecule has 0 fully saturated rings. The number of hydrogen-bond donors (Lipinski definition) is 0. The van der Waals surface area contributed by atoms with E-state index in [1.807, 2.05) is 0 Å². The van der Waals surface area contributed by atoms with Crippen LogP contribution in [0.15, 0.2) is 12.2 Å². The SMILES string of the molecule is CCCCCCCC/C=C\CCCCCCCCOC(=O)CCCCCCCCCCCCCCCCCCCCC. The number of carbonyl (C=O) groups is 1. The maximum atomic E-state index is 12.0. The molecule has 0 amide bonds. The third-order valence-electron chi connectivity index (χ3n) is 8.90. The molecule has 0 radical (unpaired) electrons. The minimum atomic E-state index is 0.0229. The molecule has 0 aromatic carbocycles. The lowest BCUT2D eigenvalue weighted by molar-refractivity contribution is -0.143. The van der Waals surface area contributed by atoms with Gasteiger partial charge in [0.1, 0.15) is 0 Å². The van der Waals surface area contributed by atoms with E-state index in [1.54, 1.807) is 0 Å². The van der Waals surface area contributed by atoms with Crippen LogP contribution < -0.4 is 0 Å². The Morgan fingerprint density at radius 1 is 0.381 bits per heavy atom. The van der Waals surface area contributed by atoms with E-state index in [0.717, 1.165) is 12.8 Å². The summed E-state index contributed by atoms with van der Waals surface area (Å²) in [4.78, 5) is 12.0. The van der Waals surface area contributed by atoms with Crippen molar-refractivity contribution in [3.8, 4) is 0 Å². The summed E-state index contributed by atoms with van der Waals surface area (Å²) in [5, 5.41) is 0. The normalized spacial score (nSPS) is 11.6. The van der Waals surface area contributed by atoms with Gasteiger partial charge in [-0.25, -0.2) is 0 Å². The average Bonchev–Trinajstić information content (AvgIpc) is 3.00. The lowest BCUT2D eigenvalue weighted by Crippen LogP contribution is -2.05. The third kappa shape index (κ3) is 37.2. The second-order valence-corrected chi connectivity index (χ2v) is 13.3. The zero-order chi connectivity index (χ0) is 30.4. The molecule has 2 heteroatoms. The standard InChI is InChI=1S/C40H78O2/c1-3-5-7-9-11-13-15-17-19-21-22-23-24-26-28-30-32-34-36-38-40(41)42-39-37-35-33-31-29-27-25-20-18-16-14-12-10-8-6-4-2/h18,20H,3-17,19,21-39H2,1-2H3/b20-18-. The highest BCUT2D eigenvalue weighted by molar-refractivity contribution is 5.69. The molecule has 42 heavy (non-hydrogen) atoms. The van der Waals surface area contributed by atoms with Gasteiger partial charge in [0.05, 0.1) is 6.61 Å². The molecule has 0 rings (SSSR count). The van der Waals surface area contributed by atoms with Crippen molar-refractivity contribution in [3.05, 3.63) is 12.2 Å². The van der Waals surface area contributed by atoms with Crippen LogP contribution in [0.4, 0.5) is 0 Å². The zero-order valence-electron chi connectivity index (χ0n) is 29.2. The molecule has 0 heterocycles. The molecule has 0 atom stereocenters. The Kier molecular flexibility index (Phi) is 37.5. The Hall–Kier alpha value is -0.790. The third-order valence-corrected chi connectivity index (χ3v) is 8.90. The van der Waals surface area contributed by atoms with Gasteiger partial charge in [-0.05, 0) is 38.5 Å². The molecular weight excluding hydrogens is 512 g/mol. The summed E-state index contributed by atoms with van der Waals surface area (Å²) in [5.41, 5.74) is 0. The molecule has 0 aliphatic heterocycles. The minimum Gasteiger partial charge on any atom is -0.466 e. The van der Waals surface area contributed by atoms with E-state index < -0.39 is 0 Å². The molecule has 2 nitrogen and oxygen atoms in total. The molecule has 0 N–H and O–H groups in total. The molecule has 250 valence electrons. The summed E-state index contributed by atoms with van der Waals surface area (Å²) >= 11 is 0. The summed E-state index contributed by atoms with van der Waals surface area (Å²) in [7, 11) is 0. The zero-order valence-corrected chi connectivity index (χ0v) is 29.2. The van der Waals surface area contributed by atoms with Crippen molar-refractivity contribution in [3.63, 3.8) is 0 Å². The summed E-state index contributed by atoms with van der Waals surface area (Å²) in [6, 6.07) is 0. The lowest BCUT2D eigenvalue weighted by Gasteiger charge is -2.05. The van der Waals surface area contributed by atoms with Gasteiger partial charge in [0.15, 0.2) is 0 Å². The van der Waals surface area contributed by atoms with Crippen molar-refractivity contribution in [2.24, 2.45) is 0 Å².